The summed E-state index contributed by atoms with van der Waals surface area (Å²) in [4.78, 5) is 40.5. The van der Waals surface area contributed by atoms with Gasteiger partial charge in [-0.1, -0.05) is 24.6 Å². The van der Waals surface area contributed by atoms with Crippen molar-refractivity contribution in [3.63, 3.8) is 0 Å². The SMILES string of the molecule is CC[C@H](C)NC(=O)[C@@H](NC(=O)c1cccc(C)c1)C1CCN(C(=O)c2ccc(F)cc2)CC1. The van der Waals surface area contributed by atoms with Crippen LogP contribution >= 0.6 is 0 Å². The molecule has 0 unspecified atom stereocenters. The predicted molar refractivity (Wildman–Crippen MR) is 125 cm³/mol. The fourth-order valence-corrected chi connectivity index (χ4v) is 4.05. The van der Waals surface area contributed by atoms with E-state index in [2.05, 4.69) is 10.6 Å². The number of carbonyl (C=O) groups is 3. The molecular weight excluding hydrogens is 421 g/mol. The number of hydrogen-bond acceptors (Lipinski definition) is 3. The number of nitrogens with one attached hydrogen (secondary N) is 2. The Morgan fingerprint density at radius 1 is 1.03 bits per heavy atom. The minimum Gasteiger partial charge on any atom is -0.352 e. The highest BCUT2D eigenvalue weighted by Crippen LogP contribution is 2.23. The fourth-order valence-electron chi connectivity index (χ4n) is 4.05. The Morgan fingerprint density at radius 2 is 1.70 bits per heavy atom. The molecule has 33 heavy (non-hydrogen) atoms. The number of rotatable bonds is 7. The summed E-state index contributed by atoms with van der Waals surface area (Å²) in [6, 6.07) is 12.1. The highest BCUT2D eigenvalue weighted by Gasteiger charge is 2.34. The van der Waals surface area contributed by atoms with Crippen LogP contribution in [-0.4, -0.2) is 47.8 Å². The van der Waals surface area contributed by atoms with Crippen LogP contribution in [0.4, 0.5) is 4.39 Å². The Kier molecular flexibility index (Phi) is 8.20. The Hall–Kier alpha value is -3.22. The molecule has 3 rings (SSSR count). The molecule has 1 heterocycles. The molecule has 3 amide bonds. The van der Waals surface area contributed by atoms with Crippen LogP contribution in [0.25, 0.3) is 0 Å². The van der Waals surface area contributed by atoms with Crippen LogP contribution in [-0.2, 0) is 4.79 Å². The van der Waals surface area contributed by atoms with Gasteiger partial charge in [-0.3, -0.25) is 14.4 Å². The minimum atomic E-state index is -0.685. The zero-order chi connectivity index (χ0) is 24.0. The van der Waals surface area contributed by atoms with E-state index in [1.807, 2.05) is 32.9 Å². The third-order valence-electron chi connectivity index (χ3n) is 6.24. The normalized spacial score (nSPS) is 16.1. The van der Waals surface area contributed by atoms with Crippen molar-refractivity contribution in [1.29, 1.82) is 0 Å². The third-order valence-corrected chi connectivity index (χ3v) is 6.24. The Bertz CT molecular complexity index is 985. The first kappa shape index (κ1) is 24.4. The molecule has 1 saturated heterocycles. The quantitative estimate of drug-likeness (QED) is 0.671. The zero-order valence-corrected chi connectivity index (χ0v) is 19.4. The van der Waals surface area contributed by atoms with Crippen LogP contribution in [0.15, 0.2) is 48.5 Å². The lowest BCUT2D eigenvalue weighted by Crippen LogP contribution is -2.55. The van der Waals surface area contributed by atoms with E-state index in [9.17, 15) is 18.8 Å². The van der Waals surface area contributed by atoms with Gasteiger partial charge < -0.3 is 15.5 Å². The van der Waals surface area contributed by atoms with Crippen LogP contribution < -0.4 is 10.6 Å². The first-order chi connectivity index (χ1) is 15.8. The fraction of sp³-hybridized carbons (Fsp3) is 0.423. The highest BCUT2D eigenvalue weighted by molar-refractivity contribution is 5.98. The number of hydrogen-bond donors (Lipinski definition) is 2. The number of halogens is 1. The summed E-state index contributed by atoms with van der Waals surface area (Å²) < 4.78 is 13.2. The Morgan fingerprint density at radius 3 is 2.30 bits per heavy atom. The summed E-state index contributed by atoms with van der Waals surface area (Å²) in [7, 11) is 0. The molecule has 1 fully saturated rings. The van der Waals surface area contributed by atoms with Crippen molar-refractivity contribution in [3.05, 3.63) is 71.0 Å². The molecule has 6 nitrogen and oxygen atoms in total. The number of nitrogens with zero attached hydrogens (tertiary/aromatic N) is 1. The van der Waals surface area contributed by atoms with E-state index in [4.69, 9.17) is 0 Å². The lowest BCUT2D eigenvalue weighted by atomic mass is 9.88. The third kappa shape index (κ3) is 6.40. The molecule has 0 spiro atoms. The number of benzene rings is 2. The second-order valence-electron chi connectivity index (χ2n) is 8.78. The van der Waals surface area contributed by atoms with Gasteiger partial charge in [0.2, 0.25) is 5.91 Å². The summed E-state index contributed by atoms with van der Waals surface area (Å²) in [6.07, 6.45) is 1.95. The largest absolute Gasteiger partial charge is 0.352 e. The van der Waals surface area contributed by atoms with Crippen molar-refractivity contribution in [1.82, 2.24) is 15.5 Å². The number of amides is 3. The van der Waals surface area contributed by atoms with E-state index < -0.39 is 6.04 Å². The number of piperidine rings is 1. The van der Waals surface area contributed by atoms with Gasteiger partial charge >= 0.3 is 0 Å². The molecule has 2 N–H and O–H groups in total. The van der Waals surface area contributed by atoms with Gasteiger partial charge in [-0.2, -0.15) is 0 Å². The van der Waals surface area contributed by atoms with Gasteiger partial charge in [-0.25, -0.2) is 4.39 Å². The molecule has 2 aromatic rings. The topological polar surface area (TPSA) is 78.5 Å². The predicted octanol–water partition coefficient (Wildman–Crippen LogP) is 3.70. The van der Waals surface area contributed by atoms with E-state index in [1.54, 1.807) is 17.0 Å². The second kappa shape index (κ2) is 11.1. The van der Waals surface area contributed by atoms with Crippen molar-refractivity contribution in [2.75, 3.05) is 13.1 Å². The maximum atomic E-state index is 13.2. The van der Waals surface area contributed by atoms with Crippen molar-refractivity contribution in [2.45, 2.75) is 52.1 Å². The standard InChI is InChI=1S/C26H32FN3O3/c1-4-18(3)28-25(32)23(29-24(31)21-7-5-6-17(2)16-21)19-12-14-30(15-13-19)26(33)20-8-10-22(27)11-9-20/h5-11,16,18-19,23H,4,12-15H2,1-3H3,(H,28,32)(H,29,31)/t18-,23-/m0/s1. The molecule has 176 valence electrons. The molecule has 0 bridgehead atoms. The summed E-state index contributed by atoms with van der Waals surface area (Å²) in [6.45, 7) is 6.77. The van der Waals surface area contributed by atoms with Crippen LogP contribution in [0.3, 0.4) is 0 Å². The van der Waals surface area contributed by atoms with E-state index >= 15 is 0 Å². The monoisotopic (exact) mass is 453 g/mol. The first-order valence-electron chi connectivity index (χ1n) is 11.5. The van der Waals surface area contributed by atoms with E-state index in [0.717, 1.165) is 12.0 Å². The molecule has 0 saturated carbocycles. The molecule has 1 aliphatic rings. The van der Waals surface area contributed by atoms with E-state index in [0.29, 0.717) is 37.1 Å². The maximum absolute atomic E-state index is 13.2. The van der Waals surface area contributed by atoms with Gasteiger partial charge in [0.1, 0.15) is 11.9 Å². The van der Waals surface area contributed by atoms with Crippen LogP contribution in [0.2, 0.25) is 0 Å². The van der Waals surface area contributed by atoms with Gasteiger partial charge in [-0.05, 0) is 75.4 Å². The molecule has 0 radical (unpaired) electrons. The molecule has 0 aromatic heterocycles. The highest BCUT2D eigenvalue weighted by atomic mass is 19.1. The molecule has 1 aliphatic heterocycles. The summed E-state index contributed by atoms with van der Waals surface area (Å²) in [5.74, 6) is -1.12. The van der Waals surface area contributed by atoms with Crippen molar-refractivity contribution in [2.24, 2.45) is 5.92 Å². The number of likely N-dealkylation sites (tertiary alicyclic amines) is 1. The van der Waals surface area contributed by atoms with Gasteiger partial charge in [0.05, 0.1) is 0 Å². The number of aryl methyl sites for hydroxylation is 1. The van der Waals surface area contributed by atoms with Gasteiger partial charge in [0.15, 0.2) is 0 Å². The Balaban J connectivity index is 1.70. The summed E-state index contributed by atoms with van der Waals surface area (Å²) >= 11 is 0. The van der Waals surface area contributed by atoms with Crippen LogP contribution in [0.5, 0.6) is 0 Å². The van der Waals surface area contributed by atoms with Crippen LogP contribution in [0.1, 0.15) is 59.4 Å². The molecule has 7 heteroatoms. The molecule has 0 aliphatic carbocycles. The first-order valence-corrected chi connectivity index (χ1v) is 11.5. The van der Waals surface area contributed by atoms with Crippen molar-refractivity contribution in [3.8, 4) is 0 Å². The van der Waals surface area contributed by atoms with Crippen molar-refractivity contribution >= 4 is 17.7 Å². The van der Waals surface area contributed by atoms with Gasteiger partial charge in [0.25, 0.3) is 11.8 Å². The van der Waals surface area contributed by atoms with Gasteiger partial charge in [0, 0.05) is 30.3 Å². The molecular formula is C26H32FN3O3. The average molecular weight is 454 g/mol. The molecule has 2 atom stereocenters. The Labute approximate surface area is 194 Å². The average Bonchev–Trinajstić information content (AvgIpc) is 2.82. The minimum absolute atomic E-state index is 0.00369. The van der Waals surface area contributed by atoms with E-state index in [-0.39, 0.29) is 35.5 Å². The zero-order valence-electron chi connectivity index (χ0n) is 19.4. The second-order valence-corrected chi connectivity index (χ2v) is 8.78. The smallest absolute Gasteiger partial charge is 0.253 e. The summed E-state index contributed by atoms with van der Waals surface area (Å²) in [5, 5.41) is 5.94. The summed E-state index contributed by atoms with van der Waals surface area (Å²) in [5.41, 5.74) is 1.92. The van der Waals surface area contributed by atoms with E-state index in [1.165, 1.54) is 24.3 Å². The number of carbonyl (C=O) groups excluding carboxylic acids is 3. The lowest BCUT2D eigenvalue weighted by Gasteiger charge is -2.36. The molecule has 2 aromatic carbocycles. The van der Waals surface area contributed by atoms with Crippen LogP contribution in [0, 0.1) is 18.7 Å². The van der Waals surface area contributed by atoms with Crippen molar-refractivity contribution < 1.29 is 18.8 Å². The lowest BCUT2D eigenvalue weighted by molar-refractivity contribution is -0.125. The maximum Gasteiger partial charge on any atom is 0.253 e. The van der Waals surface area contributed by atoms with Gasteiger partial charge in [-0.15, -0.1) is 0 Å².